The van der Waals surface area contributed by atoms with Crippen molar-refractivity contribution in [1.29, 1.82) is 0 Å². The predicted octanol–water partition coefficient (Wildman–Crippen LogP) is -3.58. The van der Waals surface area contributed by atoms with Crippen LogP contribution in [0.1, 0.15) is 6.42 Å². The summed E-state index contributed by atoms with van der Waals surface area (Å²) in [6.45, 7) is 3.85. The molecule has 0 unspecified atom stereocenters. The van der Waals surface area contributed by atoms with Gasteiger partial charge in [-0.3, -0.25) is 9.45 Å². The van der Waals surface area contributed by atoms with E-state index in [4.69, 9.17) is 9.29 Å². The Hall–Kier alpha value is 1.43. The number of hydrogen-bond donors (Lipinski definition) is 1. The average molecular weight is 265 g/mol. The molecule has 1 fully saturated rings. The minimum Gasteiger partial charge on any atom is -0.870 e. The molecule has 0 bridgehead atoms. The third kappa shape index (κ3) is 10.3. The van der Waals surface area contributed by atoms with E-state index in [0.717, 1.165) is 13.1 Å². The van der Waals surface area contributed by atoms with Crippen molar-refractivity contribution in [2.24, 2.45) is 0 Å². The number of nitrogens with zero attached hydrogens (tertiary/aromatic N) is 1. The maximum atomic E-state index is 10.4. The second kappa shape index (κ2) is 9.46. The fourth-order valence-electron chi connectivity index (χ4n) is 1.30. The molecule has 86 valence electrons. The van der Waals surface area contributed by atoms with Crippen LogP contribution in [0.3, 0.4) is 0 Å². The smallest absolute Gasteiger partial charge is 0.870 e. The van der Waals surface area contributed by atoms with E-state index in [9.17, 15) is 8.42 Å². The van der Waals surface area contributed by atoms with E-state index in [2.05, 4.69) is 4.90 Å². The number of ether oxygens (including phenoxy) is 1. The van der Waals surface area contributed by atoms with Gasteiger partial charge in [-0.25, -0.2) is 0 Å². The number of hydrogen-bond acceptors (Lipinski definition) is 5. The zero-order valence-electron chi connectivity index (χ0n) is 8.92. The van der Waals surface area contributed by atoms with Gasteiger partial charge in [-0.15, -0.1) is 0 Å². The molecule has 0 atom stereocenters. The molecule has 1 aliphatic heterocycles. The van der Waals surface area contributed by atoms with Crippen LogP contribution < -0.4 is 51.4 Å². The molecular formula is C7H16KNO5S. The summed E-state index contributed by atoms with van der Waals surface area (Å²) in [5, 5.41) is 0. The first kappa shape index (κ1) is 18.8. The topological polar surface area (TPSA) is 96.8 Å². The Kier molecular flexibility index (Phi) is 11.8. The Morgan fingerprint density at radius 1 is 1.27 bits per heavy atom. The van der Waals surface area contributed by atoms with Crippen LogP contribution in [0.2, 0.25) is 0 Å². The molecule has 0 aromatic heterocycles. The van der Waals surface area contributed by atoms with Gasteiger partial charge < -0.3 is 10.2 Å². The predicted molar refractivity (Wildman–Crippen MR) is 50.2 cm³/mol. The SMILES string of the molecule is O=S(=O)(O)CCCN1CCOCC1.[K+].[OH-]. The van der Waals surface area contributed by atoms with Gasteiger partial charge in [0.1, 0.15) is 0 Å². The third-order valence-corrected chi connectivity index (χ3v) is 2.78. The number of rotatable bonds is 4. The zero-order chi connectivity index (χ0) is 9.73. The standard InChI is InChI=1S/C7H15NO4S.K.H2O/c9-13(10,11)7-1-2-8-3-5-12-6-4-8;;/h1-7H2,(H,9,10,11);;1H2/q;+1;/p-1. The molecule has 1 heterocycles. The zero-order valence-corrected chi connectivity index (χ0v) is 12.9. The minimum absolute atomic E-state index is 0. The van der Waals surface area contributed by atoms with Crippen molar-refractivity contribution >= 4 is 10.1 Å². The van der Waals surface area contributed by atoms with Crippen molar-refractivity contribution in [1.82, 2.24) is 4.90 Å². The van der Waals surface area contributed by atoms with E-state index in [1.807, 2.05) is 0 Å². The van der Waals surface area contributed by atoms with E-state index in [-0.39, 0.29) is 62.6 Å². The van der Waals surface area contributed by atoms with Crippen LogP contribution in [-0.2, 0) is 14.9 Å². The van der Waals surface area contributed by atoms with Crippen LogP contribution in [0.15, 0.2) is 0 Å². The Bertz CT molecular complexity index is 240. The monoisotopic (exact) mass is 265 g/mol. The van der Waals surface area contributed by atoms with Gasteiger partial charge in [0, 0.05) is 13.1 Å². The molecule has 1 rings (SSSR count). The molecule has 0 aliphatic carbocycles. The Labute approximate surface area is 133 Å². The average Bonchev–Trinajstić information content (AvgIpc) is 2.04. The molecule has 0 aromatic carbocycles. The fourth-order valence-corrected chi connectivity index (χ4v) is 1.79. The van der Waals surface area contributed by atoms with E-state index in [1.54, 1.807) is 0 Å². The van der Waals surface area contributed by atoms with Crippen LogP contribution in [0.4, 0.5) is 0 Å². The minimum atomic E-state index is -3.78. The van der Waals surface area contributed by atoms with Crippen molar-refractivity contribution in [3.63, 3.8) is 0 Å². The van der Waals surface area contributed by atoms with Crippen molar-refractivity contribution in [3.8, 4) is 0 Å². The summed E-state index contributed by atoms with van der Waals surface area (Å²) >= 11 is 0. The molecule has 6 nitrogen and oxygen atoms in total. The molecule has 1 saturated heterocycles. The largest absolute Gasteiger partial charge is 1.00 e. The second-order valence-corrected chi connectivity index (χ2v) is 4.67. The Morgan fingerprint density at radius 3 is 2.27 bits per heavy atom. The van der Waals surface area contributed by atoms with Gasteiger partial charge >= 0.3 is 51.4 Å². The molecule has 0 aromatic rings. The van der Waals surface area contributed by atoms with Gasteiger partial charge in [0.25, 0.3) is 10.1 Å². The van der Waals surface area contributed by atoms with Gasteiger partial charge in [0.2, 0.25) is 0 Å². The fraction of sp³-hybridized carbons (Fsp3) is 1.00. The van der Waals surface area contributed by atoms with Crippen molar-refractivity contribution in [3.05, 3.63) is 0 Å². The first-order chi connectivity index (χ1) is 6.08. The van der Waals surface area contributed by atoms with Crippen LogP contribution in [0, 0.1) is 0 Å². The van der Waals surface area contributed by atoms with E-state index < -0.39 is 10.1 Å². The molecule has 0 radical (unpaired) electrons. The molecule has 0 saturated carbocycles. The van der Waals surface area contributed by atoms with Gasteiger partial charge in [-0.05, 0) is 13.0 Å². The Morgan fingerprint density at radius 2 is 1.80 bits per heavy atom. The molecule has 15 heavy (non-hydrogen) atoms. The summed E-state index contributed by atoms with van der Waals surface area (Å²) in [7, 11) is -3.78. The Balaban J connectivity index is 0. The molecular weight excluding hydrogens is 249 g/mol. The van der Waals surface area contributed by atoms with E-state index in [1.165, 1.54) is 0 Å². The molecule has 0 spiro atoms. The maximum absolute atomic E-state index is 10.4. The maximum Gasteiger partial charge on any atom is 1.00 e. The first-order valence-electron chi connectivity index (χ1n) is 4.33. The summed E-state index contributed by atoms with van der Waals surface area (Å²) in [5.41, 5.74) is 0. The summed E-state index contributed by atoms with van der Waals surface area (Å²) < 4.78 is 34.4. The van der Waals surface area contributed by atoms with Crippen LogP contribution in [-0.4, -0.2) is 61.9 Å². The van der Waals surface area contributed by atoms with Gasteiger partial charge in [-0.1, -0.05) is 0 Å². The van der Waals surface area contributed by atoms with Crippen LogP contribution >= 0.6 is 0 Å². The summed E-state index contributed by atoms with van der Waals surface area (Å²) in [4.78, 5) is 2.13. The van der Waals surface area contributed by atoms with Crippen molar-refractivity contribution in [2.45, 2.75) is 6.42 Å². The van der Waals surface area contributed by atoms with Crippen LogP contribution in [0.25, 0.3) is 0 Å². The summed E-state index contributed by atoms with van der Waals surface area (Å²) in [6.07, 6.45) is 0.485. The molecule has 0 amide bonds. The van der Waals surface area contributed by atoms with Gasteiger partial charge in [-0.2, -0.15) is 8.42 Å². The number of morpholine rings is 1. The molecule has 8 heteroatoms. The quantitative estimate of drug-likeness (QED) is 0.417. The van der Waals surface area contributed by atoms with Crippen LogP contribution in [0.5, 0.6) is 0 Å². The second-order valence-electron chi connectivity index (χ2n) is 3.09. The first-order valence-corrected chi connectivity index (χ1v) is 5.94. The van der Waals surface area contributed by atoms with Gasteiger partial charge in [0.15, 0.2) is 0 Å². The molecule has 1 aliphatic rings. The normalized spacial score (nSPS) is 17.7. The van der Waals surface area contributed by atoms with Crippen molar-refractivity contribution < 1.29 is 74.6 Å². The summed E-state index contributed by atoms with van der Waals surface area (Å²) in [5.74, 6) is -0.148. The third-order valence-electron chi connectivity index (χ3n) is 1.98. The van der Waals surface area contributed by atoms with Gasteiger partial charge in [0.05, 0.1) is 19.0 Å². The van der Waals surface area contributed by atoms with E-state index in [0.29, 0.717) is 26.2 Å². The van der Waals surface area contributed by atoms with E-state index >= 15 is 0 Å². The molecule has 2 N–H and O–H groups in total. The summed E-state index contributed by atoms with van der Waals surface area (Å²) in [6, 6.07) is 0. The van der Waals surface area contributed by atoms with Crippen molar-refractivity contribution in [2.75, 3.05) is 38.6 Å².